The maximum atomic E-state index is 14.3. The van der Waals surface area contributed by atoms with E-state index in [1.807, 2.05) is 49.4 Å². The van der Waals surface area contributed by atoms with Crippen LogP contribution in [-0.4, -0.2) is 58.5 Å². The van der Waals surface area contributed by atoms with E-state index in [-0.39, 0.29) is 42.2 Å². The fourth-order valence-electron chi connectivity index (χ4n) is 7.06. The standard InChI is InChI=1S/C40H47N3O5/c1-5-7-14-29-21-37(44)47-18-13-9-12-17-28-20-32-34(19-26(28)3)41-33(27-15-10-8-11-16-27)23-36(32)48-31-22-35(43(25-31)39(29)46)38(45)42-40(4)24-30(40)6-2/h6,8,10-12,15-17,19-20,23,29-31,35H,2,5,7,9,13-14,18,21-22,24-25H2,1,3-4H3,(H,42,45)/b17-12+/t29-,30-,31-,35+,40-/m1/s1. The Morgan fingerprint density at radius 2 is 2.00 bits per heavy atom. The Morgan fingerprint density at radius 1 is 1.19 bits per heavy atom. The number of cyclic esters (lactones) is 1. The van der Waals surface area contributed by atoms with Crippen LogP contribution in [-0.2, 0) is 19.1 Å². The van der Waals surface area contributed by atoms with Crippen molar-refractivity contribution in [1.29, 1.82) is 0 Å². The third-order valence-electron chi connectivity index (χ3n) is 10.1. The Kier molecular flexibility index (Phi) is 9.99. The van der Waals surface area contributed by atoms with Gasteiger partial charge in [-0.3, -0.25) is 14.4 Å². The lowest BCUT2D eigenvalue weighted by Gasteiger charge is -2.29. The van der Waals surface area contributed by atoms with Crippen molar-refractivity contribution in [2.75, 3.05) is 13.2 Å². The molecule has 1 saturated heterocycles. The van der Waals surface area contributed by atoms with Gasteiger partial charge in [-0.05, 0) is 62.8 Å². The van der Waals surface area contributed by atoms with E-state index < -0.39 is 18.1 Å². The number of fused-ring (bicyclic) bond motifs is 3. The van der Waals surface area contributed by atoms with E-state index in [1.54, 1.807) is 4.90 Å². The molecule has 5 atom stereocenters. The van der Waals surface area contributed by atoms with E-state index >= 15 is 0 Å². The number of rotatable bonds is 7. The quantitative estimate of drug-likeness (QED) is 0.215. The molecule has 1 aliphatic carbocycles. The van der Waals surface area contributed by atoms with Gasteiger partial charge in [0, 0.05) is 40.8 Å². The molecule has 3 heterocycles. The van der Waals surface area contributed by atoms with E-state index in [9.17, 15) is 14.4 Å². The molecule has 4 bridgehead atoms. The molecule has 6 rings (SSSR count). The highest BCUT2D eigenvalue weighted by atomic mass is 16.5. The lowest BCUT2D eigenvalue weighted by Crippen LogP contribution is -2.51. The molecule has 0 spiro atoms. The lowest BCUT2D eigenvalue weighted by molar-refractivity contribution is -0.150. The normalized spacial score (nSPS) is 26.7. The molecule has 0 unspecified atom stereocenters. The van der Waals surface area contributed by atoms with Crippen LogP contribution in [0.2, 0.25) is 0 Å². The van der Waals surface area contributed by atoms with E-state index in [0.29, 0.717) is 31.6 Å². The molecule has 8 nitrogen and oxygen atoms in total. The minimum atomic E-state index is -0.727. The summed E-state index contributed by atoms with van der Waals surface area (Å²) in [6.45, 7) is 10.6. The fraction of sp³-hybridized carbons (Fsp3) is 0.450. The number of ether oxygens (including phenoxy) is 2. The van der Waals surface area contributed by atoms with Crippen LogP contribution in [0.15, 0.2) is 67.3 Å². The number of pyridine rings is 1. The Labute approximate surface area is 283 Å². The molecule has 48 heavy (non-hydrogen) atoms. The molecular weight excluding hydrogens is 602 g/mol. The third-order valence-corrected chi connectivity index (χ3v) is 10.1. The van der Waals surface area contributed by atoms with Gasteiger partial charge in [-0.25, -0.2) is 4.98 Å². The van der Waals surface area contributed by atoms with Gasteiger partial charge in [0.05, 0.1) is 30.8 Å². The predicted octanol–water partition coefficient (Wildman–Crippen LogP) is 7.19. The molecule has 2 aromatic carbocycles. The first kappa shape index (κ1) is 33.4. The predicted molar refractivity (Wildman–Crippen MR) is 188 cm³/mol. The molecule has 0 radical (unpaired) electrons. The molecule has 1 N–H and O–H groups in total. The number of unbranched alkanes of at least 4 members (excludes halogenated alkanes) is 1. The average molecular weight is 650 g/mol. The first-order valence-corrected chi connectivity index (χ1v) is 17.4. The maximum Gasteiger partial charge on any atom is 0.306 e. The van der Waals surface area contributed by atoms with Gasteiger partial charge >= 0.3 is 5.97 Å². The highest BCUT2D eigenvalue weighted by Gasteiger charge is 2.52. The molecule has 3 aromatic rings. The van der Waals surface area contributed by atoms with Crippen LogP contribution >= 0.6 is 0 Å². The number of carbonyl (C=O) groups excluding carboxylic acids is 3. The van der Waals surface area contributed by atoms with E-state index in [2.05, 4.69) is 50.0 Å². The van der Waals surface area contributed by atoms with Crippen molar-refractivity contribution < 1.29 is 23.9 Å². The maximum absolute atomic E-state index is 14.3. The highest BCUT2D eigenvalue weighted by molar-refractivity contribution is 5.92. The Hall–Kier alpha value is -4.46. The number of aryl methyl sites for hydroxylation is 1. The van der Waals surface area contributed by atoms with Crippen molar-refractivity contribution in [3.05, 3.63) is 78.4 Å². The molecule has 3 aliphatic rings. The van der Waals surface area contributed by atoms with Crippen molar-refractivity contribution in [3.8, 4) is 17.0 Å². The second kappa shape index (κ2) is 14.3. The van der Waals surface area contributed by atoms with Gasteiger partial charge in [0.1, 0.15) is 17.9 Å². The summed E-state index contributed by atoms with van der Waals surface area (Å²) < 4.78 is 12.4. The van der Waals surface area contributed by atoms with E-state index in [1.165, 1.54) is 0 Å². The molecule has 1 aromatic heterocycles. The van der Waals surface area contributed by atoms with Crippen molar-refractivity contribution in [2.24, 2.45) is 11.8 Å². The average Bonchev–Trinajstić information content (AvgIpc) is 3.53. The van der Waals surface area contributed by atoms with Crippen LogP contribution in [0.1, 0.15) is 76.3 Å². The zero-order valence-electron chi connectivity index (χ0n) is 28.4. The smallest absolute Gasteiger partial charge is 0.306 e. The molecule has 2 amide bonds. The Balaban J connectivity index is 1.40. The number of nitrogens with one attached hydrogen (secondary N) is 1. The number of aromatic nitrogens is 1. The topological polar surface area (TPSA) is 97.8 Å². The molecule has 8 heteroatoms. The summed E-state index contributed by atoms with van der Waals surface area (Å²) in [5.41, 5.74) is 4.34. The van der Waals surface area contributed by atoms with Gasteiger partial charge in [-0.1, -0.05) is 68.3 Å². The van der Waals surface area contributed by atoms with Crippen LogP contribution in [0.5, 0.6) is 5.75 Å². The molecular formula is C40H47N3O5. The largest absolute Gasteiger partial charge is 0.488 e. The first-order valence-electron chi connectivity index (χ1n) is 17.4. The number of hydrogen-bond donors (Lipinski definition) is 1. The van der Waals surface area contributed by atoms with Crippen molar-refractivity contribution in [1.82, 2.24) is 15.2 Å². The number of carbonyl (C=O) groups is 3. The summed E-state index contributed by atoms with van der Waals surface area (Å²) in [6.07, 6.45) is 10.4. The molecule has 1 saturated carbocycles. The zero-order valence-corrected chi connectivity index (χ0v) is 28.4. The van der Waals surface area contributed by atoms with Gasteiger partial charge in [0.15, 0.2) is 0 Å². The molecule has 2 fully saturated rings. The highest BCUT2D eigenvalue weighted by Crippen LogP contribution is 2.44. The lowest BCUT2D eigenvalue weighted by atomic mass is 9.96. The zero-order chi connectivity index (χ0) is 33.8. The number of benzene rings is 2. The first-order chi connectivity index (χ1) is 23.2. The summed E-state index contributed by atoms with van der Waals surface area (Å²) in [5.74, 6) is -0.478. The van der Waals surface area contributed by atoms with Gasteiger partial charge < -0.3 is 19.7 Å². The van der Waals surface area contributed by atoms with Gasteiger partial charge in [0.25, 0.3) is 0 Å². The summed E-state index contributed by atoms with van der Waals surface area (Å²) in [7, 11) is 0. The molecule has 252 valence electrons. The Bertz CT molecular complexity index is 1720. The summed E-state index contributed by atoms with van der Waals surface area (Å²) >= 11 is 0. The second-order valence-corrected chi connectivity index (χ2v) is 13.8. The monoisotopic (exact) mass is 649 g/mol. The summed E-state index contributed by atoms with van der Waals surface area (Å²) in [5, 5.41) is 4.09. The van der Waals surface area contributed by atoms with Gasteiger partial charge in [-0.2, -0.15) is 0 Å². The van der Waals surface area contributed by atoms with Crippen LogP contribution in [0.3, 0.4) is 0 Å². The number of hydrogen-bond acceptors (Lipinski definition) is 6. The van der Waals surface area contributed by atoms with Gasteiger partial charge in [-0.15, -0.1) is 6.58 Å². The van der Waals surface area contributed by atoms with Crippen molar-refractivity contribution >= 4 is 34.8 Å². The van der Waals surface area contributed by atoms with E-state index in [4.69, 9.17) is 14.5 Å². The minimum Gasteiger partial charge on any atom is -0.488 e. The summed E-state index contributed by atoms with van der Waals surface area (Å²) in [6, 6.07) is 15.4. The summed E-state index contributed by atoms with van der Waals surface area (Å²) in [4.78, 5) is 47.9. The molecule has 2 aliphatic heterocycles. The van der Waals surface area contributed by atoms with Crippen LogP contribution < -0.4 is 10.1 Å². The Morgan fingerprint density at radius 3 is 2.75 bits per heavy atom. The van der Waals surface area contributed by atoms with Crippen LogP contribution in [0.4, 0.5) is 0 Å². The van der Waals surface area contributed by atoms with Crippen molar-refractivity contribution in [2.45, 2.75) is 89.8 Å². The van der Waals surface area contributed by atoms with Gasteiger partial charge in [0.2, 0.25) is 11.8 Å². The third kappa shape index (κ3) is 7.33. The minimum absolute atomic E-state index is 0.00351. The SMILES string of the molecule is C=C[C@@H]1C[C@@]1(C)NC(=O)[C@@H]1C[C@@H]2CN1C(=O)[C@H](CCCC)CC(=O)OCCC/C=C/c1cc3c(cc(-c4ccccc4)nc3cc1C)O2. The number of allylic oxidation sites excluding steroid dienone is 1. The van der Waals surface area contributed by atoms with Crippen LogP contribution in [0, 0.1) is 18.8 Å². The fourth-order valence-corrected chi connectivity index (χ4v) is 7.06. The number of amides is 2. The van der Waals surface area contributed by atoms with E-state index in [0.717, 1.165) is 59.0 Å². The number of nitrogens with zero attached hydrogens (tertiary/aromatic N) is 2. The number of esters is 1. The van der Waals surface area contributed by atoms with Crippen molar-refractivity contribution in [3.63, 3.8) is 0 Å². The second-order valence-electron chi connectivity index (χ2n) is 13.8. The van der Waals surface area contributed by atoms with Crippen LogP contribution in [0.25, 0.3) is 28.2 Å².